The summed E-state index contributed by atoms with van der Waals surface area (Å²) in [5, 5.41) is 2.06. The first-order valence-corrected chi connectivity index (χ1v) is 7.58. The zero-order valence-electron chi connectivity index (χ0n) is 13.1. The van der Waals surface area contributed by atoms with Crippen molar-refractivity contribution in [3.63, 3.8) is 0 Å². The van der Waals surface area contributed by atoms with E-state index in [1.165, 1.54) is 0 Å². The number of para-hydroxylation sites is 1. The number of fused-ring (bicyclic) bond motifs is 1. The van der Waals surface area contributed by atoms with Crippen LogP contribution in [0.15, 0.2) is 67.3 Å². The van der Waals surface area contributed by atoms with Gasteiger partial charge < -0.3 is 10.5 Å². The van der Waals surface area contributed by atoms with Gasteiger partial charge in [-0.1, -0.05) is 61.2 Å². The molecule has 0 aliphatic rings. The summed E-state index contributed by atoms with van der Waals surface area (Å²) in [4.78, 5) is 0. The van der Waals surface area contributed by atoms with Gasteiger partial charge in [-0.2, -0.15) is 0 Å². The Hall–Kier alpha value is -3.00. The lowest BCUT2D eigenvalue weighted by Gasteiger charge is -2.15. The third-order valence-corrected chi connectivity index (χ3v) is 3.76. The maximum Gasteiger partial charge on any atom is 0.158 e. The number of ether oxygens (including phenoxy) is 1. The van der Waals surface area contributed by atoms with E-state index in [9.17, 15) is 0 Å². The van der Waals surface area contributed by atoms with Crippen molar-refractivity contribution in [1.29, 1.82) is 0 Å². The molecule has 3 aromatic rings. The van der Waals surface area contributed by atoms with Crippen LogP contribution in [0.1, 0.15) is 18.1 Å². The highest BCUT2D eigenvalue weighted by Gasteiger charge is 2.13. The number of hydrogen-bond acceptors (Lipinski definition) is 2. The third-order valence-electron chi connectivity index (χ3n) is 3.76. The van der Waals surface area contributed by atoms with Gasteiger partial charge in [0.15, 0.2) is 5.75 Å². The van der Waals surface area contributed by atoms with Gasteiger partial charge in [-0.05, 0) is 41.6 Å². The van der Waals surface area contributed by atoms with Gasteiger partial charge in [-0.25, -0.2) is 0 Å². The Morgan fingerprint density at radius 1 is 1.00 bits per heavy atom. The van der Waals surface area contributed by atoms with Crippen molar-refractivity contribution >= 4 is 28.6 Å². The van der Waals surface area contributed by atoms with Crippen LogP contribution >= 0.6 is 0 Å². The molecule has 0 saturated carbocycles. The molecular formula is C21H19NO. The van der Waals surface area contributed by atoms with Crippen LogP contribution in [0.25, 0.3) is 22.9 Å². The minimum atomic E-state index is 0.613. The average Bonchev–Trinajstić information content (AvgIpc) is 2.58. The molecule has 3 aromatic carbocycles. The second kappa shape index (κ2) is 6.41. The summed E-state index contributed by atoms with van der Waals surface area (Å²) in [6.07, 6.45) is 5.93. The van der Waals surface area contributed by atoms with Crippen molar-refractivity contribution in [3.8, 4) is 11.5 Å². The summed E-state index contributed by atoms with van der Waals surface area (Å²) in [7, 11) is 0. The Morgan fingerprint density at radius 3 is 2.43 bits per heavy atom. The van der Waals surface area contributed by atoms with Crippen molar-refractivity contribution in [1.82, 2.24) is 0 Å². The molecule has 0 heterocycles. The van der Waals surface area contributed by atoms with E-state index >= 15 is 0 Å². The quantitative estimate of drug-likeness (QED) is 0.610. The van der Waals surface area contributed by atoms with Crippen molar-refractivity contribution in [2.24, 2.45) is 0 Å². The molecule has 114 valence electrons. The molecule has 0 unspecified atom stereocenters. The Balaban J connectivity index is 2.28. The number of hydrogen-bond donors (Lipinski definition) is 1. The first-order valence-electron chi connectivity index (χ1n) is 7.58. The van der Waals surface area contributed by atoms with Crippen LogP contribution in [0.5, 0.6) is 11.5 Å². The van der Waals surface area contributed by atoms with E-state index in [4.69, 9.17) is 10.5 Å². The lowest BCUT2D eigenvalue weighted by atomic mass is 9.97. The van der Waals surface area contributed by atoms with Crippen molar-refractivity contribution in [3.05, 3.63) is 78.4 Å². The molecule has 2 N–H and O–H groups in total. The van der Waals surface area contributed by atoms with Crippen molar-refractivity contribution < 1.29 is 4.74 Å². The minimum absolute atomic E-state index is 0.613. The second-order valence-corrected chi connectivity index (χ2v) is 5.27. The summed E-state index contributed by atoms with van der Waals surface area (Å²) < 4.78 is 6.10. The zero-order valence-corrected chi connectivity index (χ0v) is 13.1. The number of nitrogen functional groups attached to an aromatic ring is 1. The van der Waals surface area contributed by atoms with E-state index in [1.54, 1.807) is 0 Å². The topological polar surface area (TPSA) is 35.2 Å². The molecule has 0 atom stereocenters. The van der Waals surface area contributed by atoms with E-state index in [0.29, 0.717) is 11.4 Å². The molecule has 2 heteroatoms. The Bertz CT molecular complexity index is 879. The van der Waals surface area contributed by atoms with Gasteiger partial charge in [0, 0.05) is 5.39 Å². The smallest absolute Gasteiger partial charge is 0.158 e. The maximum absolute atomic E-state index is 6.20. The number of allylic oxidation sites excluding steroid dienone is 1. The van der Waals surface area contributed by atoms with Crippen LogP contribution in [0.2, 0.25) is 0 Å². The molecule has 0 radical (unpaired) electrons. The Morgan fingerprint density at radius 2 is 1.74 bits per heavy atom. The van der Waals surface area contributed by atoms with Crippen LogP contribution in [0.3, 0.4) is 0 Å². The highest BCUT2D eigenvalue weighted by molar-refractivity contribution is 6.01. The Labute approximate surface area is 136 Å². The molecule has 0 amide bonds. The highest BCUT2D eigenvalue weighted by Crippen LogP contribution is 2.39. The predicted molar refractivity (Wildman–Crippen MR) is 99.7 cm³/mol. The van der Waals surface area contributed by atoms with E-state index in [2.05, 4.69) is 24.8 Å². The molecule has 23 heavy (non-hydrogen) atoms. The van der Waals surface area contributed by atoms with Crippen LogP contribution in [0.4, 0.5) is 5.69 Å². The van der Waals surface area contributed by atoms with E-state index in [1.807, 2.05) is 61.5 Å². The van der Waals surface area contributed by atoms with Crippen molar-refractivity contribution in [2.75, 3.05) is 5.73 Å². The molecule has 3 rings (SSSR count). The fourth-order valence-electron chi connectivity index (χ4n) is 2.71. The second-order valence-electron chi connectivity index (χ2n) is 5.27. The van der Waals surface area contributed by atoms with Gasteiger partial charge in [-0.15, -0.1) is 0 Å². The van der Waals surface area contributed by atoms with Crippen LogP contribution < -0.4 is 10.5 Å². The molecule has 0 aliphatic heterocycles. The van der Waals surface area contributed by atoms with E-state index in [0.717, 1.165) is 27.6 Å². The highest BCUT2D eigenvalue weighted by atomic mass is 16.5. The predicted octanol–water partition coefficient (Wildman–Crippen LogP) is 5.89. The summed E-state index contributed by atoms with van der Waals surface area (Å²) in [5.41, 5.74) is 8.94. The fraction of sp³-hybridized carbons (Fsp3) is 0.0476. The number of benzene rings is 3. The largest absolute Gasteiger partial charge is 0.455 e. The van der Waals surface area contributed by atoms with Gasteiger partial charge in [0.25, 0.3) is 0 Å². The van der Waals surface area contributed by atoms with Crippen molar-refractivity contribution in [2.45, 2.75) is 6.92 Å². The molecule has 0 fully saturated rings. The lowest BCUT2D eigenvalue weighted by molar-refractivity contribution is 0.490. The first kappa shape index (κ1) is 14.9. The van der Waals surface area contributed by atoms with Crippen LogP contribution in [-0.4, -0.2) is 0 Å². The molecule has 0 aromatic heterocycles. The molecular weight excluding hydrogens is 282 g/mol. The maximum atomic E-state index is 6.20. The van der Waals surface area contributed by atoms with Gasteiger partial charge in [0.2, 0.25) is 0 Å². The van der Waals surface area contributed by atoms with Gasteiger partial charge in [-0.3, -0.25) is 0 Å². The summed E-state index contributed by atoms with van der Waals surface area (Å²) >= 11 is 0. The number of nitrogens with two attached hydrogens (primary N) is 1. The Kier molecular flexibility index (Phi) is 4.15. The summed E-state index contributed by atoms with van der Waals surface area (Å²) in [5.74, 6) is 1.44. The zero-order chi connectivity index (χ0) is 16.2. The van der Waals surface area contributed by atoms with Gasteiger partial charge in [0.1, 0.15) is 5.75 Å². The van der Waals surface area contributed by atoms with Gasteiger partial charge in [0.05, 0.1) is 5.69 Å². The molecule has 0 saturated heterocycles. The summed E-state index contributed by atoms with van der Waals surface area (Å²) in [6.45, 7) is 5.97. The molecule has 0 aliphatic carbocycles. The van der Waals surface area contributed by atoms with E-state index < -0.39 is 0 Å². The lowest BCUT2D eigenvalue weighted by Crippen LogP contribution is -1.95. The van der Waals surface area contributed by atoms with Crippen LogP contribution in [0, 0.1) is 0 Å². The minimum Gasteiger partial charge on any atom is -0.455 e. The third kappa shape index (κ3) is 2.84. The number of rotatable bonds is 4. The number of anilines is 1. The fourth-order valence-corrected chi connectivity index (χ4v) is 2.71. The SMILES string of the molecule is C=Cc1c(/C=C\C)ccc2ccc(N)c(Oc3ccccc3)c12. The molecule has 0 spiro atoms. The monoisotopic (exact) mass is 301 g/mol. The molecule has 2 nitrogen and oxygen atoms in total. The normalized spacial score (nSPS) is 11.0. The summed E-state index contributed by atoms with van der Waals surface area (Å²) in [6, 6.07) is 17.7. The van der Waals surface area contributed by atoms with Gasteiger partial charge >= 0.3 is 0 Å². The first-order chi connectivity index (χ1) is 11.2. The van der Waals surface area contributed by atoms with Crippen LogP contribution in [-0.2, 0) is 0 Å². The molecule has 0 bridgehead atoms. The average molecular weight is 301 g/mol. The van der Waals surface area contributed by atoms with E-state index in [-0.39, 0.29) is 0 Å². The standard InChI is InChI=1S/C21H19NO/c1-3-8-15-11-12-16-13-14-19(22)21(20(16)18(15)4-2)23-17-9-6-5-7-10-17/h3-14H,2,22H2,1H3/b8-3-.